The van der Waals surface area contributed by atoms with Crippen LogP contribution in [-0.4, -0.2) is 73.6 Å². The van der Waals surface area contributed by atoms with Crippen LogP contribution in [0.3, 0.4) is 0 Å². The lowest BCUT2D eigenvalue weighted by molar-refractivity contribution is -0.181. The van der Waals surface area contributed by atoms with E-state index in [1.807, 2.05) is 18.2 Å². The lowest BCUT2D eigenvalue weighted by Crippen LogP contribution is -2.51. The maximum absolute atomic E-state index is 15.8. The van der Waals surface area contributed by atoms with Crippen LogP contribution in [-0.2, 0) is 30.6 Å². The fraction of sp³-hybridized carbons (Fsp3) is 0.407. The zero-order valence-corrected chi connectivity index (χ0v) is 25.8. The molecule has 18 heteroatoms. The van der Waals surface area contributed by atoms with Gasteiger partial charge in [-0.25, -0.2) is 23.2 Å². The number of aliphatic hydroxyl groups is 1. The van der Waals surface area contributed by atoms with Gasteiger partial charge >= 0.3 is 12.6 Å². The van der Waals surface area contributed by atoms with E-state index >= 15 is 4.39 Å². The molecule has 242 valence electrons. The van der Waals surface area contributed by atoms with Crippen LogP contribution in [0, 0.1) is 0 Å². The molecule has 6 atom stereocenters. The third-order valence-corrected chi connectivity index (χ3v) is 9.44. The average molecular weight is 671 g/mol. The van der Waals surface area contributed by atoms with Crippen molar-refractivity contribution in [1.82, 2.24) is 24.6 Å². The molecule has 45 heavy (non-hydrogen) atoms. The summed E-state index contributed by atoms with van der Waals surface area (Å²) < 4.78 is 68.6. The number of rotatable bonds is 11. The van der Waals surface area contributed by atoms with Crippen molar-refractivity contribution in [3.05, 3.63) is 59.1 Å². The van der Waals surface area contributed by atoms with Gasteiger partial charge in [0.25, 0.3) is 12.0 Å². The predicted octanol–water partition coefficient (Wildman–Crippen LogP) is 3.34. The van der Waals surface area contributed by atoms with E-state index in [9.17, 15) is 23.5 Å². The van der Waals surface area contributed by atoms with E-state index in [0.29, 0.717) is 0 Å². The third-order valence-electron chi connectivity index (χ3n) is 6.96. The number of benzene rings is 2. The first kappa shape index (κ1) is 32.8. The van der Waals surface area contributed by atoms with Gasteiger partial charge in [-0.3, -0.25) is 19.1 Å². The number of aliphatic hydroxyl groups excluding tert-OH is 1. The lowest BCUT2D eigenvalue weighted by Gasteiger charge is -2.33. The standard InChI is InChI=1S/C27H30F3N6O7PS/c1-13(2)41-24(39)14(3)35-44(45,43-17-9-8-15-6-4-5-7-16(15)10-17)40-11-27(25(29)30)20(28)19(37)23(42-27)36-12-32-18-21(36)33-26(31)34-22(18)38/h4-10,12-14,19-20,23,25,37H,11H2,1-3H3,(H,35,45)(H3,31,33,34,38)/t14-,19+,20+,23+,27+,44?/m0/s1. The molecule has 5 N–H and O–H groups in total. The Kier molecular flexibility index (Phi) is 9.22. The third kappa shape index (κ3) is 6.55. The van der Waals surface area contributed by atoms with Gasteiger partial charge in [0.05, 0.1) is 19.0 Å². The zero-order valence-electron chi connectivity index (χ0n) is 24.1. The number of esters is 1. The Morgan fingerprint density at radius 1 is 1.27 bits per heavy atom. The number of H-pyrrole nitrogens is 1. The normalized spacial score (nSPS) is 23.9. The van der Waals surface area contributed by atoms with Crippen LogP contribution < -0.4 is 20.9 Å². The van der Waals surface area contributed by atoms with Gasteiger partial charge in [0.2, 0.25) is 5.95 Å². The number of imidazole rings is 1. The monoisotopic (exact) mass is 670 g/mol. The van der Waals surface area contributed by atoms with Crippen molar-refractivity contribution >= 4 is 52.3 Å². The van der Waals surface area contributed by atoms with Crippen molar-refractivity contribution in [2.24, 2.45) is 0 Å². The van der Waals surface area contributed by atoms with E-state index in [1.165, 1.54) is 6.92 Å². The summed E-state index contributed by atoms with van der Waals surface area (Å²) in [6, 6.07) is 11.1. The number of hydrogen-bond acceptors (Lipinski definition) is 11. The van der Waals surface area contributed by atoms with Gasteiger partial charge in [-0.1, -0.05) is 30.3 Å². The summed E-state index contributed by atoms with van der Waals surface area (Å²) in [5, 5.41) is 15.1. The number of carbonyl (C=O) groups excluding carboxylic acids is 1. The largest absolute Gasteiger partial charge is 0.462 e. The highest BCUT2D eigenvalue weighted by atomic mass is 32.5. The highest BCUT2D eigenvalue weighted by molar-refractivity contribution is 8.09. The van der Waals surface area contributed by atoms with Crippen molar-refractivity contribution in [1.29, 1.82) is 0 Å². The Labute approximate surface area is 259 Å². The highest BCUT2D eigenvalue weighted by Gasteiger charge is 2.62. The minimum absolute atomic E-state index is 0.181. The first-order valence-electron chi connectivity index (χ1n) is 13.6. The number of alkyl halides is 3. The number of nitrogens with two attached hydrogens (primary N) is 1. The SMILES string of the molecule is CC(C)OC(=O)[C@H](C)NP(=S)(OC[C@@]1(C(F)F)O[C@@H](n2cnc3c(=O)[nH]c(N)nc32)[C@H](O)[C@H]1F)Oc1ccc2ccccc2c1. The number of carbonyl (C=O) groups is 1. The molecule has 1 saturated heterocycles. The Bertz CT molecular complexity index is 1830. The molecule has 0 amide bonds. The topological polar surface area (TPSA) is 176 Å². The van der Waals surface area contributed by atoms with Crippen LogP contribution in [0.5, 0.6) is 5.75 Å². The molecule has 1 unspecified atom stereocenters. The van der Waals surface area contributed by atoms with Crippen molar-refractivity contribution in [2.75, 3.05) is 12.3 Å². The lowest BCUT2D eigenvalue weighted by atomic mass is 9.98. The molecule has 0 radical (unpaired) electrons. The Hall–Kier alpha value is -3.60. The summed E-state index contributed by atoms with van der Waals surface area (Å²) in [7, 11) is 0. The number of ether oxygens (including phenoxy) is 2. The highest BCUT2D eigenvalue weighted by Crippen LogP contribution is 2.50. The Morgan fingerprint density at radius 2 is 1.98 bits per heavy atom. The van der Waals surface area contributed by atoms with Gasteiger partial charge in [0.15, 0.2) is 29.2 Å². The summed E-state index contributed by atoms with van der Waals surface area (Å²) in [6.07, 6.45) is -9.78. The molecule has 5 rings (SSSR count). The van der Waals surface area contributed by atoms with Crippen LogP contribution in [0.25, 0.3) is 21.9 Å². The molecular weight excluding hydrogens is 640 g/mol. The first-order valence-corrected chi connectivity index (χ1v) is 16.3. The summed E-state index contributed by atoms with van der Waals surface area (Å²) in [6.45, 7) is -0.486. The molecule has 13 nitrogen and oxygen atoms in total. The number of aromatic amines is 1. The van der Waals surface area contributed by atoms with Gasteiger partial charge < -0.3 is 29.4 Å². The smallest absolute Gasteiger partial charge is 0.323 e. The molecule has 2 aromatic carbocycles. The van der Waals surface area contributed by atoms with Crippen LogP contribution in [0.2, 0.25) is 0 Å². The summed E-state index contributed by atoms with van der Waals surface area (Å²) >= 11 is 5.64. The van der Waals surface area contributed by atoms with Crippen molar-refractivity contribution < 1.29 is 41.6 Å². The Morgan fingerprint density at radius 3 is 2.67 bits per heavy atom. The zero-order chi connectivity index (χ0) is 32.7. The second kappa shape index (κ2) is 12.7. The van der Waals surface area contributed by atoms with Crippen molar-refractivity contribution in [3.8, 4) is 5.75 Å². The molecule has 1 aliphatic heterocycles. The molecule has 0 saturated carbocycles. The first-order chi connectivity index (χ1) is 21.2. The van der Waals surface area contributed by atoms with E-state index < -0.39 is 67.5 Å². The number of fused-ring (bicyclic) bond motifs is 2. The van der Waals surface area contributed by atoms with Crippen molar-refractivity contribution in [3.63, 3.8) is 0 Å². The number of nitrogens with one attached hydrogen (secondary N) is 2. The van der Waals surface area contributed by atoms with Crippen LogP contribution in [0.1, 0.15) is 27.0 Å². The number of nitrogen functional groups attached to an aromatic ring is 1. The van der Waals surface area contributed by atoms with Gasteiger partial charge in [-0.2, -0.15) is 4.98 Å². The minimum Gasteiger partial charge on any atom is -0.462 e. The fourth-order valence-corrected chi connectivity index (χ4v) is 7.17. The summed E-state index contributed by atoms with van der Waals surface area (Å²) in [4.78, 5) is 34.8. The number of anilines is 1. The van der Waals surface area contributed by atoms with Gasteiger partial charge in [0, 0.05) is 0 Å². The van der Waals surface area contributed by atoms with E-state index in [2.05, 4.69) is 20.0 Å². The molecule has 2 aromatic heterocycles. The molecular formula is C27H30F3N6O7PS. The van der Waals surface area contributed by atoms with Crippen LogP contribution in [0.4, 0.5) is 19.1 Å². The quantitative estimate of drug-likeness (QED) is 0.136. The van der Waals surface area contributed by atoms with Crippen LogP contribution in [0.15, 0.2) is 53.6 Å². The predicted molar refractivity (Wildman–Crippen MR) is 161 cm³/mol. The van der Waals surface area contributed by atoms with Gasteiger partial charge in [-0.15, -0.1) is 0 Å². The average Bonchev–Trinajstić information content (AvgIpc) is 3.50. The van der Waals surface area contributed by atoms with Crippen molar-refractivity contribution in [2.45, 2.75) is 63.4 Å². The number of aromatic nitrogens is 4. The van der Waals surface area contributed by atoms with E-state index in [4.69, 9.17) is 36.1 Å². The molecule has 3 heterocycles. The van der Waals surface area contributed by atoms with Crippen LogP contribution >= 0.6 is 6.64 Å². The van der Waals surface area contributed by atoms with E-state index in [1.54, 1.807) is 38.1 Å². The second-order valence-electron chi connectivity index (χ2n) is 10.6. The van der Waals surface area contributed by atoms with E-state index in [0.717, 1.165) is 21.7 Å². The fourth-order valence-electron chi connectivity index (χ4n) is 4.76. The molecule has 0 bridgehead atoms. The number of nitrogens with zero attached hydrogens (tertiary/aromatic N) is 3. The molecule has 4 aromatic rings. The van der Waals surface area contributed by atoms with Gasteiger partial charge in [0.1, 0.15) is 17.9 Å². The second-order valence-corrected chi connectivity index (χ2v) is 13.8. The van der Waals surface area contributed by atoms with E-state index in [-0.39, 0.29) is 22.9 Å². The number of halogens is 3. The number of hydrogen-bond donors (Lipinski definition) is 4. The van der Waals surface area contributed by atoms with Gasteiger partial charge in [-0.05, 0) is 55.5 Å². The molecule has 1 fully saturated rings. The molecule has 0 spiro atoms. The Balaban J connectivity index is 1.46. The molecule has 1 aliphatic rings. The minimum atomic E-state index is -3.96. The molecule has 0 aliphatic carbocycles. The maximum Gasteiger partial charge on any atom is 0.323 e. The maximum atomic E-state index is 15.8. The summed E-state index contributed by atoms with van der Waals surface area (Å²) in [5.74, 6) is -0.871. The summed E-state index contributed by atoms with van der Waals surface area (Å²) in [5.41, 5.74) is 1.31.